The molecule has 1 atom stereocenters. The molecule has 1 saturated heterocycles. The van der Waals surface area contributed by atoms with Gasteiger partial charge in [0.1, 0.15) is 11.6 Å². The number of aromatic nitrogens is 2. The normalized spacial score (nSPS) is 16.4. The van der Waals surface area contributed by atoms with Crippen molar-refractivity contribution in [1.29, 1.82) is 0 Å². The van der Waals surface area contributed by atoms with Crippen LogP contribution in [0.5, 0.6) is 5.75 Å². The second kappa shape index (κ2) is 9.26. The Morgan fingerprint density at radius 1 is 1.27 bits per heavy atom. The van der Waals surface area contributed by atoms with Gasteiger partial charge in [0, 0.05) is 30.0 Å². The number of likely N-dealkylation sites (tertiary alicyclic amines) is 1. The summed E-state index contributed by atoms with van der Waals surface area (Å²) in [5.41, 5.74) is 2.51. The molecule has 0 aliphatic carbocycles. The number of methoxy groups -OCH3 is 1. The third kappa shape index (κ3) is 4.62. The topological polar surface area (TPSA) is 75.3 Å². The number of aromatic amines is 1. The van der Waals surface area contributed by atoms with Crippen LogP contribution in [-0.4, -0.2) is 34.4 Å². The van der Waals surface area contributed by atoms with E-state index in [-0.39, 0.29) is 17.5 Å². The van der Waals surface area contributed by atoms with Crippen LogP contribution in [0, 0.1) is 0 Å². The van der Waals surface area contributed by atoms with Crippen molar-refractivity contribution in [2.75, 3.05) is 13.7 Å². The van der Waals surface area contributed by atoms with Crippen LogP contribution in [0.15, 0.2) is 52.0 Å². The van der Waals surface area contributed by atoms with Gasteiger partial charge < -0.3 is 14.6 Å². The van der Waals surface area contributed by atoms with Gasteiger partial charge >= 0.3 is 0 Å². The van der Waals surface area contributed by atoms with Crippen molar-refractivity contribution in [1.82, 2.24) is 14.9 Å². The van der Waals surface area contributed by atoms with E-state index in [1.165, 1.54) is 6.07 Å². The summed E-state index contributed by atoms with van der Waals surface area (Å²) in [4.78, 5) is 34.8. The van der Waals surface area contributed by atoms with Crippen molar-refractivity contribution >= 4 is 17.2 Å². The Morgan fingerprint density at radius 2 is 2.10 bits per heavy atom. The summed E-state index contributed by atoms with van der Waals surface area (Å²) in [5, 5.41) is 3.94. The molecule has 1 amide bonds. The average molecular weight is 424 g/mol. The van der Waals surface area contributed by atoms with Crippen LogP contribution in [0.1, 0.15) is 43.1 Å². The predicted octanol–water partition coefficient (Wildman–Crippen LogP) is 4.19. The summed E-state index contributed by atoms with van der Waals surface area (Å²) in [6.45, 7) is 0.693. The van der Waals surface area contributed by atoms with Crippen molar-refractivity contribution in [3.05, 3.63) is 68.9 Å². The minimum Gasteiger partial charge on any atom is -0.497 e. The summed E-state index contributed by atoms with van der Waals surface area (Å²) in [6, 6.07) is 11.1. The number of thiophene rings is 1. The fourth-order valence-corrected chi connectivity index (χ4v) is 4.54. The predicted molar refractivity (Wildman–Crippen MR) is 118 cm³/mol. The van der Waals surface area contributed by atoms with Gasteiger partial charge in [-0.3, -0.25) is 9.59 Å². The minimum absolute atomic E-state index is 0.0964. The molecule has 6 nitrogen and oxygen atoms in total. The van der Waals surface area contributed by atoms with Crippen molar-refractivity contribution < 1.29 is 9.53 Å². The maximum atomic E-state index is 13.1. The number of nitrogens with zero attached hydrogens (tertiary/aromatic N) is 2. The summed E-state index contributed by atoms with van der Waals surface area (Å²) in [6.07, 6.45) is 3.89. The lowest BCUT2D eigenvalue weighted by atomic mass is 9.99. The summed E-state index contributed by atoms with van der Waals surface area (Å²) >= 11 is 1.57. The van der Waals surface area contributed by atoms with Gasteiger partial charge in [-0.15, -0.1) is 0 Å². The highest BCUT2D eigenvalue weighted by atomic mass is 32.1. The van der Waals surface area contributed by atoms with Crippen molar-refractivity contribution in [3.63, 3.8) is 0 Å². The Morgan fingerprint density at radius 3 is 2.83 bits per heavy atom. The van der Waals surface area contributed by atoms with Gasteiger partial charge in [0.2, 0.25) is 5.91 Å². The van der Waals surface area contributed by atoms with E-state index in [2.05, 4.69) is 4.98 Å². The first-order valence-corrected chi connectivity index (χ1v) is 11.1. The highest BCUT2D eigenvalue weighted by molar-refractivity contribution is 7.08. The van der Waals surface area contributed by atoms with Gasteiger partial charge in [0.05, 0.1) is 18.8 Å². The molecule has 1 aromatic carbocycles. The summed E-state index contributed by atoms with van der Waals surface area (Å²) < 4.78 is 5.19. The second-order valence-corrected chi connectivity index (χ2v) is 8.25. The van der Waals surface area contributed by atoms with E-state index in [4.69, 9.17) is 9.72 Å². The standard InChI is InChI=1S/C23H25N3O3S/c1-29-18-8-5-16(6-9-18)7-10-22(28)26-12-3-2-4-20(26)23-24-19(14-21(27)25-23)17-11-13-30-15-17/h5-6,8-9,11,13-15,20H,2-4,7,10,12H2,1H3,(H,24,25,27)/t20-/m1/s1. The molecule has 1 N–H and O–H groups in total. The Labute approximate surface area is 179 Å². The number of rotatable bonds is 6. The largest absolute Gasteiger partial charge is 0.497 e. The maximum Gasteiger partial charge on any atom is 0.251 e. The number of carbonyl (C=O) groups is 1. The number of ether oxygens (including phenoxy) is 1. The van der Waals surface area contributed by atoms with Crippen LogP contribution in [0.25, 0.3) is 11.3 Å². The number of amides is 1. The molecular formula is C23H25N3O3S. The van der Waals surface area contributed by atoms with E-state index in [0.29, 0.717) is 30.9 Å². The van der Waals surface area contributed by atoms with Crippen molar-refractivity contribution in [3.8, 4) is 17.0 Å². The van der Waals surface area contributed by atoms with E-state index in [1.807, 2.05) is 46.0 Å². The van der Waals surface area contributed by atoms with Crippen LogP contribution in [0.3, 0.4) is 0 Å². The number of hydrogen-bond donors (Lipinski definition) is 1. The Hall–Kier alpha value is -2.93. The fraction of sp³-hybridized carbons (Fsp3) is 0.348. The molecule has 0 spiro atoms. The molecule has 3 aromatic rings. The molecule has 1 fully saturated rings. The van der Waals surface area contributed by atoms with E-state index in [9.17, 15) is 9.59 Å². The first kappa shape index (κ1) is 20.3. The van der Waals surface area contributed by atoms with Gasteiger partial charge in [0.15, 0.2) is 0 Å². The summed E-state index contributed by atoms with van der Waals surface area (Å²) in [7, 11) is 1.64. The maximum absolute atomic E-state index is 13.1. The monoisotopic (exact) mass is 423 g/mol. The molecule has 3 heterocycles. The number of hydrogen-bond acceptors (Lipinski definition) is 5. The number of benzene rings is 1. The summed E-state index contributed by atoms with van der Waals surface area (Å²) in [5.74, 6) is 1.49. The third-order valence-corrected chi connectivity index (χ3v) is 6.19. The Bertz CT molecular complexity index is 1040. The lowest BCUT2D eigenvalue weighted by molar-refractivity contribution is -0.135. The second-order valence-electron chi connectivity index (χ2n) is 7.47. The molecule has 0 bridgehead atoms. The van der Waals surface area contributed by atoms with Crippen LogP contribution < -0.4 is 10.3 Å². The highest BCUT2D eigenvalue weighted by Gasteiger charge is 2.29. The zero-order valence-electron chi connectivity index (χ0n) is 17.0. The molecule has 0 radical (unpaired) electrons. The van der Waals surface area contributed by atoms with Crippen LogP contribution >= 0.6 is 11.3 Å². The van der Waals surface area contributed by atoms with Gasteiger partial charge in [-0.2, -0.15) is 11.3 Å². The van der Waals surface area contributed by atoms with Gasteiger partial charge in [0.25, 0.3) is 5.56 Å². The first-order valence-electron chi connectivity index (χ1n) is 10.2. The first-order chi connectivity index (χ1) is 14.6. The van der Waals surface area contributed by atoms with Crippen LogP contribution in [0.4, 0.5) is 0 Å². The number of nitrogens with one attached hydrogen (secondary N) is 1. The molecule has 30 heavy (non-hydrogen) atoms. The molecule has 0 saturated carbocycles. The lowest BCUT2D eigenvalue weighted by Gasteiger charge is -2.35. The molecule has 1 aliphatic rings. The molecule has 0 unspecified atom stereocenters. The molecule has 7 heteroatoms. The smallest absolute Gasteiger partial charge is 0.251 e. The average Bonchev–Trinajstić information content (AvgIpc) is 3.32. The van der Waals surface area contributed by atoms with Gasteiger partial charge in [-0.1, -0.05) is 12.1 Å². The molecule has 2 aromatic heterocycles. The zero-order valence-corrected chi connectivity index (χ0v) is 17.8. The quantitative estimate of drug-likeness (QED) is 0.645. The molecular weight excluding hydrogens is 398 g/mol. The highest BCUT2D eigenvalue weighted by Crippen LogP contribution is 2.30. The number of piperidine rings is 1. The van der Waals surface area contributed by atoms with E-state index >= 15 is 0 Å². The van der Waals surface area contributed by atoms with Gasteiger partial charge in [-0.25, -0.2) is 4.98 Å². The SMILES string of the molecule is COc1ccc(CCC(=O)N2CCCC[C@@H]2c2nc(-c3ccsc3)cc(=O)[nH]2)cc1. The molecule has 156 valence electrons. The van der Waals surface area contributed by atoms with Crippen LogP contribution in [-0.2, 0) is 11.2 Å². The van der Waals surface area contributed by atoms with Crippen molar-refractivity contribution in [2.24, 2.45) is 0 Å². The van der Waals surface area contributed by atoms with Gasteiger partial charge in [-0.05, 0) is 54.8 Å². The molecule has 1 aliphatic heterocycles. The third-order valence-electron chi connectivity index (χ3n) is 5.50. The minimum atomic E-state index is -0.187. The number of aryl methyl sites for hydroxylation is 1. The zero-order chi connectivity index (χ0) is 20.9. The van der Waals surface area contributed by atoms with E-state index < -0.39 is 0 Å². The fourth-order valence-electron chi connectivity index (χ4n) is 3.89. The number of carbonyl (C=O) groups excluding carboxylic acids is 1. The Kier molecular flexibility index (Phi) is 6.28. The van der Waals surface area contributed by atoms with Crippen LogP contribution in [0.2, 0.25) is 0 Å². The Balaban J connectivity index is 1.51. The van der Waals surface area contributed by atoms with Crippen molar-refractivity contribution in [2.45, 2.75) is 38.1 Å². The lowest BCUT2D eigenvalue weighted by Crippen LogP contribution is -2.40. The number of H-pyrrole nitrogens is 1. The van der Waals surface area contributed by atoms with E-state index in [0.717, 1.165) is 36.1 Å². The van der Waals surface area contributed by atoms with E-state index in [1.54, 1.807) is 18.4 Å². The molecule has 4 rings (SSSR count).